The molecule has 0 heterocycles. The highest BCUT2D eigenvalue weighted by molar-refractivity contribution is 5.89. The number of carbonyl (C=O) groups is 1. The van der Waals surface area contributed by atoms with Gasteiger partial charge in [-0.05, 0) is 42.5 Å². The third-order valence-corrected chi connectivity index (χ3v) is 2.95. The Morgan fingerprint density at radius 1 is 1.08 bits per heavy atom. The molecule has 0 aliphatic carbocycles. The van der Waals surface area contributed by atoms with E-state index in [1.807, 2.05) is 6.07 Å². The molecule has 3 nitrogen and oxygen atoms in total. The maximum absolute atomic E-state index is 12.4. The molecular weight excluding hydrogens is 319 g/mol. The molecule has 2 aromatic carbocycles. The quantitative estimate of drug-likeness (QED) is 0.622. The van der Waals surface area contributed by atoms with Crippen molar-refractivity contribution in [1.29, 1.82) is 5.26 Å². The Bertz CT molecular complexity index is 838. The van der Waals surface area contributed by atoms with Crippen LogP contribution in [-0.4, -0.2) is 12.6 Å². The summed E-state index contributed by atoms with van der Waals surface area (Å²) in [5, 5.41) is 8.76. The molecule has 0 saturated carbocycles. The van der Waals surface area contributed by atoms with Gasteiger partial charge in [-0.25, -0.2) is 4.79 Å². The number of hydrogen-bond donors (Lipinski definition) is 0. The van der Waals surface area contributed by atoms with E-state index < -0.39 is 17.7 Å². The van der Waals surface area contributed by atoms with Gasteiger partial charge in [0.1, 0.15) is 0 Å². The number of halogens is 3. The molecule has 2 rings (SSSR count). The van der Waals surface area contributed by atoms with Gasteiger partial charge in [-0.2, -0.15) is 18.4 Å². The van der Waals surface area contributed by atoms with Crippen molar-refractivity contribution in [1.82, 2.24) is 0 Å². The van der Waals surface area contributed by atoms with Crippen LogP contribution in [0.3, 0.4) is 0 Å². The molecule has 0 aliphatic rings. The first-order valence-corrected chi connectivity index (χ1v) is 6.73. The molecule has 24 heavy (non-hydrogen) atoms. The number of esters is 1. The van der Waals surface area contributed by atoms with E-state index in [9.17, 15) is 18.0 Å². The number of alkyl halides is 3. The zero-order valence-corrected chi connectivity index (χ0v) is 12.2. The first-order chi connectivity index (χ1) is 11.4. The van der Waals surface area contributed by atoms with E-state index in [1.165, 1.54) is 24.3 Å². The number of carbonyl (C=O) groups excluding carboxylic acids is 1. The largest absolute Gasteiger partial charge is 0.449 e. The number of hydrogen-bond acceptors (Lipinski definition) is 3. The van der Waals surface area contributed by atoms with Gasteiger partial charge >= 0.3 is 12.1 Å². The van der Waals surface area contributed by atoms with Crippen molar-refractivity contribution in [2.75, 3.05) is 6.61 Å². The van der Waals surface area contributed by atoms with Crippen molar-refractivity contribution in [3.63, 3.8) is 0 Å². The van der Waals surface area contributed by atoms with Gasteiger partial charge in [-0.15, -0.1) is 0 Å². The SMILES string of the molecule is N#Cc1cccc(C(=O)OCC#Cc2ccc(C(F)(F)F)cc2)c1. The highest BCUT2D eigenvalue weighted by atomic mass is 19.4. The van der Waals surface area contributed by atoms with E-state index >= 15 is 0 Å². The summed E-state index contributed by atoms with van der Waals surface area (Å²) in [6.45, 7) is -0.212. The number of rotatable bonds is 2. The van der Waals surface area contributed by atoms with Gasteiger partial charge < -0.3 is 4.74 Å². The van der Waals surface area contributed by atoms with Crippen LogP contribution in [0.15, 0.2) is 48.5 Å². The summed E-state index contributed by atoms with van der Waals surface area (Å²) in [6, 6.07) is 12.3. The summed E-state index contributed by atoms with van der Waals surface area (Å²) < 4.78 is 42.2. The van der Waals surface area contributed by atoms with Crippen molar-refractivity contribution < 1.29 is 22.7 Å². The molecule has 0 N–H and O–H groups in total. The zero-order chi connectivity index (χ0) is 17.6. The lowest BCUT2D eigenvalue weighted by Gasteiger charge is -2.05. The van der Waals surface area contributed by atoms with Gasteiger partial charge in [-0.3, -0.25) is 0 Å². The lowest BCUT2D eigenvalue weighted by atomic mass is 10.1. The van der Waals surface area contributed by atoms with Crippen LogP contribution >= 0.6 is 0 Å². The molecule has 0 spiro atoms. The monoisotopic (exact) mass is 329 g/mol. The highest BCUT2D eigenvalue weighted by Gasteiger charge is 2.29. The fraction of sp³-hybridized carbons (Fsp3) is 0.111. The minimum Gasteiger partial charge on any atom is -0.449 e. The molecule has 0 radical (unpaired) electrons. The first kappa shape index (κ1) is 17.1. The van der Waals surface area contributed by atoms with Crippen LogP contribution in [-0.2, 0) is 10.9 Å². The number of ether oxygens (including phenoxy) is 1. The Morgan fingerprint density at radius 2 is 1.79 bits per heavy atom. The van der Waals surface area contributed by atoms with E-state index in [-0.39, 0.29) is 12.2 Å². The summed E-state index contributed by atoms with van der Waals surface area (Å²) in [5.74, 6) is 4.52. The van der Waals surface area contributed by atoms with Gasteiger partial charge in [0.2, 0.25) is 0 Å². The summed E-state index contributed by atoms with van der Waals surface area (Å²) in [6.07, 6.45) is -4.39. The average Bonchev–Trinajstić information content (AvgIpc) is 2.58. The van der Waals surface area contributed by atoms with Crippen molar-refractivity contribution in [3.05, 3.63) is 70.8 Å². The smallest absolute Gasteiger partial charge is 0.416 e. The van der Waals surface area contributed by atoms with Crippen molar-refractivity contribution in [3.8, 4) is 17.9 Å². The van der Waals surface area contributed by atoms with E-state index in [4.69, 9.17) is 10.00 Å². The molecule has 0 atom stereocenters. The van der Waals surface area contributed by atoms with Crippen molar-refractivity contribution in [2.24, 2.45) is 0 Å². The molecule has 0 unspecified atom stereocenters. The maximum Gasteiger partial charge on any atom is 0.416 e. The van der Waals surface area contributed by atoms with Crippen LogP contribution in [0.4, 0.5) is 13.2 Å². The van der Waals surface area contributed by atoms with E-state index in [0.717, 1.165) is 12.1 Å². The second-order valence-electron chi connectivity index (χ2n) is 4.65. The Morgan fingerprint density at radius 3 is 2.42 bits per heavy atom. The van der Waals surface area contributed by atoms with E-state index in [1.54, 1.807) is 12.1 Å². The predicted molar refractivity (Wildman–Crippen MR) is 79.8 cm³/mol. The molecule has 0 aliphatic heterocycles. The lowest BCUT2D eigenvalue weighted by molar-refractivity contribution is -0.137. The highest BCUT2D eigenvalue weighted by Crippen LogP contribution is 2.28. The fourth-order valence-electron chi connectivity index (χ4n) is 1.78. The second kappa shape index (κ2) is 7.34. The van der Waals surface area contributed by atoms with Crippen LogP contribution in [0.2, 0.25) is 0 Å². The third kappa shape index (κ3) is 4.62. The standard InChI is InChI=1S/C18H10F3NO2/c19-18(20,21)16-8-6-13(7-9-16)4-2-10-24-17(23)15-5-1-3-14(11-15)12-22/h1,3,5-9,11H,10H2. The maximum atomic E-state index is 12.4. The van der Waals surface area contributed by atoms with Crippen LogP contribution in [0.1, 0.15) is 27.0 Å². The summed E-state index contributed by atoms with van der Waals surface area (Å²) in [7, 11) is 0. The average molecular weight is 329 g/mol. The number of benzene rings is 2. The summed E-state index contributed by atoms with van der Waals surface area (Å²) >= 11 is 0. The third-order valence-electron chi connectivity index (χ3n) is 2.95. The molecular formula is C18H10F3NO2. The predicted octanol–water partition coefficient (Wildman–Crippen LogP) is 3.79. The van der Waals surface area contributed by atoms with Crippen LogP contribution in [0, 0.1) is 23.2 Å². The molecule has 0 aromatic heterocycles. The van der Waals surface area contributed by atoms with Gasteiger partial charge in [0, 0.05) is 5.56 Å². The Balaban J connectivity index is 1.94. The van der Waals surface area contributed by atoms with E-state index in [2.05, 4.69) is 11.8 Å². The molecule has 120 valence electrons. The minimum atomic E-state index is -4.39. The van der Waals surface area contributed by atoms with E-state index in [0.29, 0.717) is 11.1 Å². The van der Waals surface area contributed by atoms with Crippen LogP contribution in [0.25, 0.3) is 0 Å². The topological polar surface area (TPSA) is 50.1 Å². The number of nitriles is 1. The zero-order valence-electron chi connectivity index (χ0n) is 12.2. The molecule has 0 bridgehead atoms. The number of nitrogens with zero attached hydrogens (tertiary/aromatic N) is 1. The first-order valence-electron chi connectivity index (χ1n) is 6.73. The molecule has 0 saturated heterocycles. The molecule has 0 fully saturated rings. The molecule has 0 amide bonds. The van der Waals surface area contributed by atoms with Gasteiger partial charge in [0.25, 0.3) is 0 Å². The lowest BCUT2D eigenvalue weighted by Crippen LogP contribution is -2.05. The summed E-state index contributed by atoms with van der Waals surface area (Å²) in [5.41, 5.74) is 0.188. The fourth-order valence-corrected chi connectivity index (χ4v) is 1.78. The van der Waals surface area contributed by atoms with Crippen molar-refractivity contribution >= 4 is 5.97 Å². The Kier molecular flexibility index (Phi) is 5.23. The van der Waals surface area contributed by atoms with Crippen LogP contribution in [0.5, 0.6) is 0 Å². The Hall–Kier alpha value is -3.25. The molecule has 2 aromatic rings. The van der Waals surface area contributed by atoms with Gasteiger partial charge in [0.05, 0.1) is 22.8 Å². The van der Waals surface area contributed by atoms with Crippen LogP contribution < -0.4 is 0 Å². The Labute approximate surface area is 136 Å². The second-order valence-corrected chi connectivity index (χ2v) is 4.65. The normalized spacial score (nSPS) is 10.2. The summed E-state index contributed by atoms with van der Waals surface area (Å²) in [4.78, 5) is 11.8. The van der Waals surface area contributed by atoms with Gasteiger partial charge in [0.15, 0.2) is 6.61 Å². The van der Waals surface area contributed by atoms with Crippen molar-refractivity contribution in [2.45, 2.75) is 6.18 Å². The van der Waals surface area contributed by atoms with Gasteiger partial charge in [-0.1, -0.05) is 17.9 Å². The minimum absolute atomic E-state index is 0.212. The molecule has 6 heteroatoms.